The van der Waals surface area contributed by atoms with E-state index < -0.39 is 0 Å². The van der Waals surface area contributed by atoms with Crippen LogP contribution in [-0.2, 0) is 14.3 Å². The molecular weight excluding hydrogens is 328 g/mol. The largest absolute Gasteiger partial charge is 0.468 e. The van der Waals surface area contributed by atoms with Crippen LogP contribution in [0.4, 0.5) is 0 Å². The van der Waals surface area contributed by atoms with Gasteiger partial charge >= 0.3 is 5.97 Å². The number of hydrogen-bond donors (Lipinski definition) is 1. The summed E-state index contributed by atoms with van der Waals surface area (Å²) in [7, 11) is 1.35. The molecular formula is C17H22N2O4S. The molecule has 0 bridgehead atoms. The normalized spacial score (nSPS) is 17.2. The van der Waals surface area contributed by atoms with Crippen molar-refractivity contribution >= 4 is 29.5 Å². The quantitative estimate of drug-likeness (QED) is 0.809. The van der Waals surface area contributed by atoms with Gasteiger partial charge in [-0.2, -0.15) is 0 Å². The van der Waals surface area contributed by atoms with E-state index in [2.05, 4.69) is 5.32 Å². The summed E-state index contributed by atoms with van der Waals surface area (Å²) in [6, 6.07) is 7.32. The first-order valence-electron chi connectivity index (χ1n) is 7.84. The van der Waals surface area contributed by atoms with Gasteiger partial charge < -0.3 is 15.0 Å². The van der Waals surface area contributed by atoms with E-state index >= 15 is 0 Å². The molecule has 1 saturated heterocycles. The second-order valence-corrected chi connectivity index (χ2v) is 6.85. The molecule has 0 aliphatic carbocycles. The van der Waals surface area contributed by atoms with Gasteiger partial charge in [-0.15, -0.1) is 11.8 Å². The number of esters is 1. The van der Waals surface area contributed by atoms with Crippen LogP contribution in [0.25, 0.3) is 0 Å². The van der Waals surface area contributed by atoms with Crippen LogP contribution in [0.15, 0.2) is 24.3 Å². The number of nitrogens with one attached hydrogen (secondary N) is 1. The van der Waals surface area contributed by atoms with Gasteiger partial charge in [-0.25, -0.2) is 0 Å². The molecule has 1 aromatic rings. The molecule has 1 fully saturated rings. The number of amides is 2. The number of benzene rings is 1. The van der Waals surface area contributed by atoms with Crippen LogP contribution in [0.3, 0.4) is 0 Å². The number of rotatable bonds is 5. The van der Waals surface area contributed by atoms with Crippen molar-refractivity contribution in [2.75, 3.05) is 32.5 Å². The van der Waals surface area contributed by atoms with Crippen LogP contribution in [0.2, 0.25) is 0 Å². The molecule has 0 unspecified atom stereocenters. The Balaban J connectivity index is 1.80. The Hall–Kier alpha value is -2.02. The Morgan fingerprint density at radius 2 is 2.08 bits per heavy atom. The molecule has 0 radical (unpaired) electrons. The fourth-order valence-corrected chi connectivity index (χ4v) is 3.64. The molecule has 1 aliphatic rings. The maximum Gasteiger partial charge on any atom is 0.320 e. The second kappa shape index (κ2) is 8.73. The molecule has 24 heavy (non-hydrogen) atoms. The number of methoxy groups -OCH3 is 1. The molecule has 2 rings (SSSR count). The van der Waals surface area contributed by atoms with Gasteiger partial charge in [0.15, 0.2) is 0 Å². The minimum Gasteiger partial charge on any atom is -0.468 e. The summed E-state index contributed by atoms with van der Waals surface area (Å²) in [6.45, 7) is 3.13. The van der Waals surface area contributed by atoms with E-state index in [4.69, 9.17) is 4.74 Å². The fraction of sp³-hybridized carbons (Fsp3) is 0.471. The van der Waals surface area contributed by atoms with E-state index in [9.17, 15) is 14.4 Å². The third-order valence-corrected chi connectivity index (χ3v) is 5.06. The molecule has 2 amide bonds. The maximum absolute atomic E-state index is 12.3. The van der Waals surface area contributed by atoms with Gasteiger partial charge in [-0.05, 0) is 18.6 Å². The Labute approximate surface area is 145 Å². The summed E-state index contributed by atoms with van der Waals surface area (Å²) in [6.07, 6.45) is 0.218. The Bertz CT molecular complexity index is 620. The number of aryl methyl sites for hydroxylation is 1. The lowest BCUT2D eigenvalue weighted by molar-refractivity contribution is -0.141. The highest BCUT2D eigenvalue weighted by Crippen LogP contribution is 2.20. The highest BCUT2D eigenvalue weighted by atomic mass is 32.2. The van der Waals surface area contributed by atoms with Gasteiger partial charge in [0.25, 0.3) is 5.91 Å². The molecule has 0 aromatic heterocycles. The highest BCUT2D eigenvalue weighted by molar-refractivity contribution is 8.00. The van der Waals surface area contributed by atoms with E-state index in [1.807, 2.05) is 25.1 Å². The van der Waals surface area contributed by atoms with Crippen molar-refractivity contribution in [3.05, 3.63) is 35.4 Å². The van der Waals surface area contributed by atoms with Crippen LogP contribution < -0.4 is 5.32 Å². The molecule has 1 aliphatic heterocycles. The van der Waals surface area contributed by atoms with E-state index in [0.717, 1.165) is 5.56 Å². The van der Waals surface area contributed by atoms with Crippen LogP contribution in [-0.4, -0.2) is 60.4 Å². The third-order valence-electron chi connectivity index (χ3n) is 3.90. The zero-order valence-electron chi connectivity index (χ0n) is 13.9. The number of carbonyl (C=O) groups is 3. The average Bonchev–Trinajstić information content (AvgIpc) is 2.61. The number of nitrogens with zero attached hydrogens (tertiary/aromatic N) is 1. The first-order valence-corrected chi connectivity index (χ1v) is 8.89. The van der Waals surface area contributed by atoms with Gasteiger partial charge in [0.2, 0.25) is 5.91 Å². The summed E-state index contributed by atoms with van der Waals surface area (Å²) in [5, 5.41) is 2.45. The van der Waals surface area contributed by atoms with Gasteiger partial charge in [0.1, 0.15) is 5.25 Å². The van der Waals surface area contributed by atoms with E-state index in [1.54, 1.807) is 11.0 Å². The lowest BCUT2D eigenvalue weighted by Gasteiger charge is -2.31. The minimum absolute atomic E-state index is 0.0608. The smallest absolute Gasteiger partial charge is 0.320 e. The SMILES string of the molecule is COC(=O)[C@H]1CN(C(=O)CCNC(=O)c2ccccc2C)CCS1. The summed E-state index contributed by atoms with van der Waals surface area (Å²) in [5.41, 5.74) is 1.51. The zero-order chi connectivity index (χ0) is 17.5. The van der Waals surface area contributed by atoms with Gasteiger partial charge in [0, 0.05) is 37.4 Å². The summed E-state index contributed by atoms with van der Waals surface area (Å²) in [4.78, 5) is 37.6. The van der Waals surface area contributed by atoms with Crippen molar-refractivity contribution < 1.29 is 19.1 Å². The molecule has 1 heterocycles. The monoisotopic (exact) mass is 350 g/mol. The molecule has 1 atom stereocenters. The van der Waals surface area contributed by atoms with Crippen molar-refractivity contribution in [3.8, 4) is 0 Å². The average molecular weight is 350 g/mol. The van der Waals surface area contributed by atoms with E-state index in [-0.39, 0.29) is 36.0 Å². The van der Waals surface area contributed by atoms with Crippen molar-refractivity contribution in [2.24, 2.45) is 0 Å². The first-order chi connectivity index (χ1) is 11.5. The molecule has 1 aromatic carbocycles. The van der Waals surface area contributed by atoms with E-state index in [0.29, 0.717) is 24.4 Å². The van der Waals surface area contributed by atoms with Crippen LogP contribution >= 0.6 is 11.8 Å². The Kier molecular flexibility index (Phi) is 6.66. The number of carbonyl (C=O) groups excluding carboxylic acids is 3. The maximum atomic E-state index is 12.3. The van der Waals surface area contributed by atoms with Crippen LogP contribution in [0.5, 0.6) is 0 Å². The molecule has 0 saturated carbocycles. The van der Waals surface area contributed by atoms with Crippen LogP contribution in [0, 0.1) is 6.92 Å². The molecule has 130 valence electrons. The summed E-state index contributed by atoms with van der Waals surface area (Å²) < 4.78 is 4.74. The van der Waals surface area contributed by atoms with Crippen molar-refractivity contribution in [1.29, 1.82) is 0 Å². The van der Waals surface area contributed by atoms with Crippen molar-refractivity contribution in [2.45, 2.75) is 18.6 Å². The molecule has 1 N–H and O–H groups in total. The Morgan fingerprint density at radius 1 is 1.33 bits per heavy atom. The Morgan fingerprint density at radius 3 is 2.79 bits per heavy atom. The highest BCUT2D eigenvalue weighted by Gasteiger charge is 2.29. The van der Waals surface area contributed by atoms with Crippen molar-refractivity contribution in [3.63, 3.8) is 0 Å². The predicted molar refractivity (Wildman–Crippen MR) is 93.0 cm³/mol. The lowest BCUT2D eigenvalue weighted by Crippen LogP contribution is -2.45. The molecule has 6 nitrogen and oxygen atoms in total. The first kappa shape index (κ1) is 18.3. The number of ether oxygens (including phenoxy) is 1. The second-order valence-electron chi connectivity index (χ2n) is 5.54. The standard InChI is InChI=1S/C17H22N2O4S/c1-12-5-3-4-6-13(12)16(21)18-8-7-15(20)19-9-10-24-14(11-19)17(22)23-2/h3-6,14H,7-11H2,1-2H3,(H,18,21)/t14-/m1/s1. The third kappa shape index (κ3) is 4.74. The zero-order valence-corrected chi connectivity index (χ0v) is 14.7. The fourth-order valence-electron chi connectivity index (χ4n) is 2.51. The van der Waals surface area contributed by atoms with Gasteiger partial charge in [-0.1, -0.05) is 18.2 Å². The predicted octanol–water partition coefficient (Wildman–Crippen LogP) is 1.23. The summed E-state index contributed by atoms with van der Waals surface area (Å²) >= 11 is 1.51. The van der Waals surface area contributed by atoms with Gasteiger partial charge in [-0.3, -0.25) is 14.4 Å². The van der Waals surface area contributed by atoms with Crippen molar-refractivity contribution in [1.82, 2.24) is 10.2 Å². The number of thioether (sulfide) groups is 1. The lowest BCUT2D eigenvalue weighted by atomic mass is 10.1. The molecule has 0 spiro atoms. The number of hydrogen-bond acceptors (Lipinski definition) is 5. The van der Waals surface area contributed by atoms with Gasteiger partial charge in [0.05, 0.1) is 7.11 Å². The molecule has 7 heteroatoms. The van der Waals surface area contributed by atoms with E-state index in [1.165, 1.54) is 18.9 Å². The minimum atomic E-state index is -0.325. The van der Waals surface area contributed by atoms with Crippen LogP contribution in [0.1, 0.15) is 22.3 Å². The topological polar surface area (TPSA) is 75.7 Å². The summed E-state index contributed by atoms with van der Waals surface area (Å²) in [5.74, 6) is 0.170.